The Hall–Kier alpha value is -3.83. The van der Waals surface area contributed by atoms with Gasteiger partial charge in [0, 0.05) is 17.5 Å². The molecule has 1 aromatic heterocycles. The fraction of sp³-hybridized carbons (Fsp3) is 0.105. The van der Waals surface area contributed by atoms with E-state index in [1.54, 1.807) is 36.5 Å². The van der Waals surface area contributed by atoms with Crippen LogP contribution >= 0.6 is 0 Å². The summed E-state index contributed by atoms with van der Waals surface area (Å²) in [6.07, 6.45) is 1.79. The third-order valence-corrected chi connectivity index (χ3v) is 4.55. The zero-order valence-electron chi connectivity index (χ0n) is 14.5. The number of H-pyrrole nitrogens is 2. The number of aliphatic imine (C=N–C) groups is 1. The maximum absolute atomic E-state index is 11.5. The summed E-state index contributed by atoms with van der Waals surface area (Å²) in [6.45, 7) is 1.89. The van der Waals surface area contributed by atoms with E-state index in [9.17, 15) is 4.79 Å². The number of rotatable bonds is 2. The molecule has 0 saturated heterocycles. The molecule has 0 radical (unpaired) electrons. The van der Waals surface area contributed by atoms with E-state index >= 15 is 0 Å². The number of imidazole rings is 1. The summed E-state index contributed by atoms with van der Waals surface area (Å²) in [5.41, 5.74) is 9.60. The van der Waals surface area contributed by atoms with Gasteiger partial charge in [0.05, 0.1) is 22.7 Å². The van der Waals surface area contributed by atoms with Crippen molar-refractivity contribution in [2.45, 2.75) is 12.6 Å². The normalized spacial score (nSPS) is 19.0. The molecular weight excluding hydrogens is 342 g/mol. The molecule has 1 aliphatic heterocycles. The minimum atomic E-state index is -1.08. The van der Waals surface area contributed by atoms with Gasteiger partial charge in [-0.3, -0.25) is 5.73 Å². The lowest BCUT2D eigenvalue weighted by Gasteiger charge is -2.31. The number of benzene rings is 2. The second kappa shape index (κ2) is 6.16. The van der Waals surface area contributed by atoms with Gasteiger partial charge in [-0.25, -0.2) is 9.79 Å². The van der Waals surface area contributed by atoms with Crippen LogP contribution in [-0.2, 0) is 5.66 Å². The summed E-state index contributed by atoms with van der Waals surface area (Å²) in [5, 5.41) is 15.1. The van der Waals surface area contributed by atoms with E-state index in [0.717, 1.165) is 16.8 Å². The van der Waals surface area contributed by atoms with Crippen LogP contribution in [0.3, 0.4) is 0 Å². The van der Waals surface area contributed by atoms with Crippen molar-refractivity contribution in [3.63, 3.8) is 0 Å². The summed E-state index contributed by atoms with van der Waals surface area (Å²) < 4.78 is 0. The summed E-state index contributed by atoms with van der Waals surface area (Å²) in [5.74, 6) is 0.482. The number of fused-ring (bicyclic) bond motifs is 1. The van der Waals surface area contributed by atoms with E-state index in [0.29, 0.717) is 22.6 Å². The molecule has 6 N–H and O–H groups in total. The highest BCUT2D eigenvalue weighted by Crippen LogP contribution is 2.31. The largest absolute Gasteiger partial charge is 0.333 e. The van der Waals surface area contributed by atoms with Crippen LogP contribution in [0.2, 0.25) is 0 Å². The third-order valence-electron chi connectivity index (χ3n) is 4.55. The van der Waals surface area contributed by atoms with Gasteiger partial charge in [0.15, 0.2) is 5.66 Å². The van der Waals surface area contributed by atoms with Gasteiger partial charge in [-0.1, -0.05) is 6.07 Å². The van der Waals surface area contributed by atoms with E-state index in [1.807, 2.05) is 19.1 Å². The minimum Gasteiger partial charge on any atom is -0.333 e. The van der Waals surface area contributed by atoms with Crippen LogP contribution in [-0.4, -0.2) is 15.9 Å². The van der Waals surface area contributed by atoms with Gasteiger partial charge in [-0.2, -0.15) is 5.26 Å². The molecule has 134 valence electrons. The van der Waals surface area contributed by atoms with E-state index in [4.69, 9.17) is 11.0 Å². The lowest BCUT2D eigenvalue weighted by molar-refractivity contribution is 0.542. The van der Waals surface area contributed by atoms with E-state index < -0.39 is 5.66 Å². The summed E-state index contributed by atoms with van der Waals surface area (Å²) in [7, 11) is 0. The number of hydrogen-bond acceptors (Lipinski definition) is 6. The standard InChI is InChI=1S/C19H17N7O/c1-11-10-22-17(23-14-5-2-12(9-20)3-6-14)26-19(11,21)13-4-7-15-16(8-13)25-18(27)24-15/h2-8,10H,21H2,1H3,(H2,22,23,26)(H2,24,25,27). The topological polar surface area (TPSA) is 135 Å². The number of nitrogens with one attached hydrogen (secondary N) is 4. The van der Waals surface area contributed by atoms with Gasteiger partial charge in [-0.05, 0) is 48.9 Å². The van der Waals surface area contributed by atoms with Crippen LogP contribution in [0.15, 0.2) is 64.0 Å². The molecule has 27 heavy (non-hydrogen) atoms. The van der Waals surface area contributed by atoms with Crippen LogP contribution in [0, 0.1) is 11.3 Å². The summed E-state index contributed by atoms with van der Waals surface area (Å²) in [4.78, 5) is 21.6. The molecule has 0 spiro atoms. The van der Waals surface area contributed by atoms with Gasteiger partial charge in [0.25, 0.3) is 0 Å². The van der Waals surface area contributed by atoms with Crippen LogP contribution < -0.4 is 22.1 Å². The molecule has 1 unspecified atom stereocenters. The van der Waals surface area contributed by atoms with E-state index in [1.165, 1.54) is 0 Å². The first-order valence-corrected chi connectivity index (χ1v) is 8.30. The molecule has 0 amide bonds. The summed E-state index contributed by atoms with van der Waals surface area (Å²) >= 11 is 0. The van der Waals surface area contributed by atoms with Crippen molar-refractivity contribution < 1.29 is 0 Å². The van der Waals surface area contributed by atoms with Crippen LogP contribution in [0.4, 0.5) is 5.69 Å². The molecule has 0 fully saturated rings. The van der Waals surface area contributed by atoms with Crippen molar-refractivity contribution in [2.75, 3.05) is 5.32 Å². The smallest absolute Gasteiger partial charge is 0.323 e. The number of guanidine groups is 1. The lowest BCUT2D eigenvalue weighted by Crippen LogP contribution is -2.44. The fourth-order valence-electron chi connectivity index (χ4n) is 2.97. The SMILES string of the molecule is CC1=CNC(Nc2ccc(C#N)cc2)=NC1(N)c1ccc2[nH]c(=O)[nH]c2c1. The second-order valence-electron chi connectivity index (χ2n) is 6.35. The zero-order valence-corrected chi connectivity index (χ0v) is 14.5. The molecule has 0 aliphatic carbocycles. The number of anilines is 1. The number of hydrogen-bond donors (Lipinski definition) is 5. The second-order valence-corrected chi connectivity index (χ2v) is 6.35. The number of aromatic nitrogens is 2. The predicted molar refractivity (Wildman–Crippen MR) is 104 cm³/mol. The highest BCUT2D eigenvalue weighted by atomic mass is 16.1. The Morgan fingerprint density at radius 1 is 1.15 bits per heavy atom. The van der Waals surface area contributed by atoms with Crippen LogP contribution in [0.25, 0.3) is 11.0 Å². The van der Waals surface area contributed by atoms with Gasteiger partial charge in [0.1, 0.15) is 0 Å². The quantitative estimate of drug-likeness (QED) is 0.476. The van der Waals surface area contributed by atoms with Gasteiger partial charge < -0.3 is 20.6 Å². The van der Waals surface area contributed by atoms with Crippen LogP contribution in [0.5, 0.6) is 0 Å². The first-order valence-electron chi connectivity index (χ1n) is 8.30. The Bertz CT molecular complexity index is 1180. The Kier molecular flexibility index (Phi) is 3.79. The van der Waals surface area contributed by atoms with Crippen molar-refractivity contribution in [1.82, 2.24) is 15.3 Å². The van der Waals surface area contributed by atoms with Crippen molar-refractivity contribution in [3.8, 4) is 6.07 Å². The highest BCUT2D eigenvalue weighted by molar-refractivity contribution is 5.95. The predicted octanol–water partition coefficient (Wildman–Crippen LogP) is 1.81. The number of nitrogens with zero attached hydrogens (tertiary/aromatic N) is 2. The number of aromatic amines is 2. The maximum Gasteiger partial charge on any atom is 0.323 e. The Balaban J connectivity index is 1.69. The van der Waals surface area contributed by atoms with Gasteiger partial charge in [0.2, 0.25) is 5.96 Å². The average molecular weight is 359 g/mol. The fourth-order valence-corrected chi connectivity index (χ4v) is 2.97. The van der Waals surface area contributed by atoms with Crippen LogP contribution in [0.1, 0.15) is 18.1 Å². The first-order chi connectivity index (χ1) is 13.0. The summed E-state index contributed by atoms with van der Waals surface area (Å²) in [6, 6.07) is 14.6. The molecule has 0 saturated carbocycles. The molecular formula is C19H17N7O. The van der Waals surface area contributed by atoms with Gasteiger partial charge >= 0.3 is 5.69 Å². The lowest BCUT2D eigenvalue weighted by atomic mass is 9.93. The Morgan fingerprint density at radius 3 is 2.63 bits per heavy atom. The molecule has 1 aliphatic rings. The minimum absolute atomic E-state index is 0.266. The monoisotopic (exact) mass is 359 g/mol. The highest BCUT2D eigenvalue weighted by Gasteiger charge is 2.32. The molecule has 0 bridgehead atoms. The third kappa shape index (κ3) is 2.96. The van der Waals surface area contributed by atoms with E-state index in [-0.39, 0.29) is 5.69 Å². The van der Waals surface area contributed by atoms with Gasteiger partial charge in [-0.15, -0.1) is 0 Å². The van der Waals surface area contributed by atoms with E-state index in [2.05, 4.69) is 31.7 Å². The molecule has 8 heteroatoms. The average Bonchev–Trinajstić information content (AvgIpc) is 3.04. The molecule has 1 atom stereocenters. The molecule has 2 aromatic carbocycles. The Labute approximate surface area is 154 Å². The van der Waals surface area contributed by atoms with Crippen molar-refractivity contribution in [3.05, 3.63) is 75.8 Å². The number of nitriles is 1. The molecule has 2 heterocycles. The number of nitrogens with two attached hydrogens (primary N) is 1. The first kappa shape index (κ1) is 16.6. The maximum atomic E-state index is 11.5. The molecule has 8 nitrogen and oxygen atoms in total. The zero-order chi connectivity index (χ0) is 19.0. The molecule has 3 aromatic rings. The van der Waals surface area contributed by atoms with Crippen molar-refractivity contribution in [1.29, 1.82) is 5.26 Å². The molecule has 4 rings (SSSR count). The Morgan fingerprint density at radius 2 is 1.89 bits per heavy atom. The van der Waals surface area contributed by atoms with Crippen molar-refractivity contribution >= 4 is 22.7 Å². The van der Waals surface area contributed by atoms with Crippen molar-refractivity contribution in [2.24, 2.45) is 10.7 Å².